The minimum absolute atomic E-state index is 0.0325. The zero-order valence-corrected chi connectivity index (χ0v) is 29.3. The van der Waals surface area contributed by atoms with Crippen molar-refractivity contribution in [1.29, 1.82) is 0 Å². The summed E-state index contributed by atoms with van der Waals surface area (Å²) < 4.78 is 8.90. The number of aromatic carboxylic acids is 2. The van der Waals surface area contributed by atoms with E-state index in [0.717, 1.165) is 53.4 Å². The number of hydrogen-bond acceptors (Lipinski definition) is 14. The third-order valence-electron chi connectivity index (χ3n) is 6.76. The fraction of sp³-hybridized carbons (Fsp3) is 0.167. The van der Waals surface area contributed by atoms with Crippen LogP contribution in [0.15, 0.2) is 85.7 Å². The van der Waals surface area contributed by atoms with Gasteiger partial charge >= 0.3 is 23.9 Å². The minimum atomic E-state index is -1.22. The van der Waals surface area contributed by atoms with Crippen LogP contribution >= 0.6 is 0 Å². The Kier molecular flexibility index (Phi) is 15.4. The van der Waals surface area contributed by atoms with Crippen LogP contribution in [0.3, 0.4) is 0 Å². The summed E-state index contributed by atoms with van der Waals surface area (Å²) in [5.41, 5.74) is 3.86. The molecule has 5 aromatic rings. The SMILES string of the molecule is COC(=O)c1cc(C(=O)NCc2cccc(C)c2)ncn1.COC(=O)c1cc(C(=O)O)ncn1.Cc1cccc(CNC(=O)c2cc(C(=O)O)ncn2)c1. The highest BCUT2D eigenvalue weighted by Crippen LogP contribution is 2.06. The van der Waals surface area contributed by atoms with E-state index >= 15 is 0 Å². The number of methoxy groups -OCH3 is 2. The van der Waals surface area contributed by atoms with E-state index in [0.29, 0.717) is 13.1 Å². The van der Waals surface area contributed by atoms with Crippen molar-refractivity contribution in [3.05, 3.63) is 142 Å². The summed E-state index contributed by atoms with van der Waals surface area (Å²) in [6.45, 7) is 4.69. The van der Waals surface area contributed by atoms with Crippen LogP contribution in [-0.4, -0.2) is 90.0 Å². The fourth-order valence-electron chi connectivity index (χ4n) is 4.18. The average Bonchev–Trinajstić information content (AvgIpc) is 3.19. The van der Waals surface area contributed by atoms with E-state index in [2.05, 4.69) is 50.0 Å². The molecular formula is C36H34N8O10. The highest BCUT2D eigenvalue weighted by molar-refractivity contribution is 5.96. The molecule has 278 valence electrons. The van der Waals surface area contributed by atoms with Gasteiger partial charge in [0.15, 0.2) is 22.8 Å². The summed E-state index contributed by atoms with van der Waals surface area (Å²) in [5.74, 6) is -4.51. The van der Waals surface area contributed by atoms with E-state index in [1.807, 2.05) is 62.4 Å². The molecule has 0 bridgehead atoms. The molecular weight excluding hydrogens is 704 g/mol. The first-order chi connectivity index (χ1) is 25.8. The molecule has 0 aliphatic heterocycles. The standard InChI is InChI=1S/C15H15N3O3.C14H13N3O3.C7H6N2O4/c1-10-4-3-5-11(6-10)8-16-14(19)12-7-13(15(20)21-2)18-9-17-12;1-9-3-2-4-10(5-9)7-15-13(18)11-6-12(14(19)20)17-8-16-11;1-13-7(12)5-2-4(6(10)11)8-3-9-5/h3-7,9H,8H2,1-2H3,(H,16,19);2-6,8H,7H2,1H3,(H,15,18)(H,19,20);2-3H,1H3,(H,10,11). The summed E-state index contributed by atoms with van der Waals surface area (Å²) in [5, 5.41) is 22.8. The van der Waals surface area contributed by atoms with Gasteiger partial charge in [0, 0.05) is 31.3 Å². The maximum atomic E-state index is 12.0. The molecule has 5 rings (SSSR count). The van der Waals surface area contributed by atoms with Gasteiger partial charge < -0.3 is 30.3 Å². The molecule has 0 atom stereocenters. The topological polar surface area (TPSA) is 263 Å². The molecule has 2 amide bonds. The predicted molar refractivity (Wildman–Crippen MR) is 187 cm³/mol. The van der Waals surface area contributed by atoms with Gasteiger partial charge in [0.25, 0.3) is 11.8 Å². The molecule has 0 aliphatic rings. The second kappa shape index (κ2) is 20.4. The zero-order valence-electron chi connectivity index (χ0n) is 29.3. The summed E-state index contributed by atoms with van der Waals surface area (Å²) in [6, 6.07) is 19.1. The molecule has 0 saturated heterocycles. The molecule has 3 heterocycles. The third kappa shape index (κ3) is 13.0. The Morgan fingerprint density at radius 3 is 1.20 bits per heavy atom. The molecule has 4 N–H and O–H groups in total. The molecule has 0 aliphatic carbocycles. The molecule has 2 aromatic carbocycles. The molecule has 0 radical (unpaired) electrons. The van der Waals surface area contributed by atoms with Crippen LogP contribution in [0.25, 0.3) is 0 Å². The van der Waals surface area contributed by atoms with E-state index in [-0.39, 0.29) is 40.1 Å². The number of amides is 2. The monoisotopic (exact) mass is 738 g/mol. The lowest BCUT2D eigenvalue weighted by atomic mass is 10.1. The second-order valence-electron chi connectivity index (χ2n) is 10.8. The lowest BCUT2D eigenvalue weighted by Gasteiger charge is -2.06. The van der Waals surface area contributed by atoms with Crippen molar-refractivity contribution < 1.29 is 48.5 Å². The van der Waals surface area contributed by atoms with Crippen LogP contribution in [0, 0.1) is 13.8 Å². The van der Waals surface area contributed by atoms with Gasteiger partial charge in [-0.05, 0) is 25.0 Å². The number of carbonyl (C=O) groups is 6. The highest BCUT2D eigenvalue weighted by Gasteiger charge is 2.14. The predicted octanol–water partition coefficient (Wildman–Crippen LogP) is 2.88. The van der Waals surface area contributed by atoms with E-state index in [4.69, 9.17) is 10.2 Å². The Bertz CT molecular complexity index is 2140. The minimum Gasteiger partial charge on any atom is -0.477 e. The number of carbonyl (C=O) groups excluding carboxylic acids is 4. The molecule has 18 heteroatoms. The number of aromatic nitrogens is 6. The number of nitrogens with one attached hydrogen (secondary N) is 2. The van der Waals surface area contributed by atoms with Gasteiger partial charge in [0.05, 0.1) is 14.2 Å². The van der Waals surface area contributed by atoms with Crippen LogP contribution in [0.4, 0.5) is 0 Å². The molecule has 3 aromatic heterocycles. The fourth-order valence-corrected chi connectivity index (χ4v) is 4.18. The van der Waals surface area contributed by atoms with Crippen LogP contribution in [-0.2, 0) is 22.6 Å². The third-order valence-corrected chi connectivity index (χ3v) is 6.76. The first kappa shape index (κ1) is 40.9. The number of carboxylic acid groups (broad SMARTS) is 2. The summed E-state index contributed by atoms with van der Waals surface area (Å²) in [4.78, 5) is 89.2. The van der Waals surface area contributed by atoms with Crippen LogP contribution < -0.4 is 10.6 Å². The molecule has 0 saturated carbocycles. The highest BCUT2D eigenvalue weighted by atomic mass is 16.5. The largest absolute Gasteiger partial charge is 0.477 e. The quantitative estimate of drug-likeness (QED) is 0.150. The maximum Gasteiger partial charge on any atom is 0.356 e. The Morgan fingerprint density at radius 1 is 0.519 bits per heavy atom. The Hall–Kier alpha value is -7.50. The summed E-state index contributed by atoms with van der Waals surface area (Å²) in [7, 11) is 2.44. The number of carboxylic acids is 2. The summed E-state index contributed by atoms with van der Waals surface area (Å²) >= 11 is 0. The second-order valence-corrected chi connectivity index (χ2v) is 10.8. The number of benzene rings is 2. The smallest absolute Gasteiger partial charge is 0.356 e. The first-order valence-corrected chi connectivity index (χ1v) is 15.6. The zero-order chi connectivity index (χ0) is 39.6. The number of rotatable bonds is 10. The number of aryl methyl sites for hydroxylation is 2. The average molecular weight is 739 g/mol. The van der Waals surface area contributed by atoms with Crippen molar-refractivity contribution in [3.8, 4) is 0 Å². The molecule has 0 unspecified atom stereocenters. The van der Waals surface area contributed by atoms with Crippen molar-refractivity contribution >= 4 is 35.7 Å². The van der Waals surface area contributed by atoms with Gasteiger partial charge in [-0.1, -0.05) is 59.7 Å². The normalized spacial score (nSPS) is 9.85. The Balaban J connectivity index is 0.000000224. The van der Waals surface area contributed by atoms with E-state index in [9.17, 15) is 28.8 Å². The van der Waals surface area contributed by atoms with Crippen LogP contribution in [0.2, 0.25) is 0 Å². The van der Waals surface area contributed by atoms with Crippen molar-refractivity contribution in [2.24, 2.45) is 0 Å². The van der Waals surface area contributed by atoms with E-state index < -0.39 is 29.8 Å². The number of nitrogens with zero attached hydrogens (tertiary/aromatic N) is 6. The molecule has 0 fully saturated rings. The Morgan fingerprint density at radius 2 is 0.852 bits per heavy atom. The summed E-state index contributed by atoms with van der Waals surface area (Å²) in [6.07, 6.45) is 3.22. The molecule has 54 heavy (non-hydrogen) atoms. The maximum absolute atomic E-state index is 12.0. The van der Waals surface area contributed by atoms with Crippen LogP contribution in [0.5, 0.6) is 0 Å². The number of ether oxygens (including phenoxy) is 2. The van der Waals surface area contributed by atoms with Gasteiger partial charge in [0.2, 0.25) is 0 Å². The van der Waals surface area contributed by atoms with Crippen molar-refractivity contribution in [1.82, 2.24) is 40.5 Å². The lowest BCUT2D eigenvalue weighted by molar-refractivity contribution is 0.0584. The van der Waals surface area contributed by atoms with Gasteiger partial charge in [-0.25, -0.2) is 49.1 Å². The molecule has 0 spiro atoms. The number of esters is 2. The van der Waals surface area contributed by atoms with Gasteiger partial charge in [0.1, 0.15) is 30.4 Å². The van der Waals surface area contributed by atoms with E-state index in [1.165, 1.54) is 20.3 Å². The number of hydrogen-bond donors (Lipinski definition) is 4. The van der Waals surface area contributed by atoms with Crippen molar-refractivity contribution in [3.63, 3.8) is 0 Å². The van der Waals surface area contributed by atoms with Gasteiger partial charge in [-0.2, -0.15) is 0 Å². The van der Waals surface area contributed by atoms with Crippen LogP contribution in [0.1, 0.15) is 85.2 Å². The Labute approximate surface area is 307 Å². The van der Waals surface area contributed by atoms with Crippen molar-refractivity contribution in [2.75, 3.05) is 14.2 Å². The first-order valence-electron chi connectivity index (χ1n) is 15.6. The lowest BCUT2D eigenvalue weighted by Crippen LogP contribution is -2.24. The molecule has 18 nitrogen and oxygen atoms in total. The van der Waals surface area contributed by atoms with Gasteiger partial charge in [-0.15, -0.1) is 0 Å². The van der Waals surface area contributed by atoms with Crippen molar-refractivity contribution in [2.45, 2.75) is 26.9 Å². The van der Waals surface area contributed by atoms with E-state index in [1.54, 1.807) is 0 Å². The van der Waals surface area contributed by atoms with Gasteiger partial charge in [-0.3, -0.25) is 9.59 Å².